The first-order chi connectivity index (χ1) is 6.59. The van der Waals surface area contributed by atoms with E-state index in [0.717, 1.165) is 5.56 Å². The fourth-order valence-electron chi connectivity index (χ4n) is 1.96. The summed E-state index contributed by atoms with van der Waals surface area (Å²) in [5, 5.41) is 4.08. The van der Waals surface area contributed by atoms with Crippen LogP contribution in [0.1, 0.15) is 18.0 Å². The summed E-state index contributed by atoms with van der Waals surface area (Å²) in [5.41, 5.74) is 6.91. The van der Waals surface area contributed by atoms with Gasteiger partial charge in [0.1, 0.15) is 0 Å². The summed E-state index contributed by atoms with van der Waals surface area (Å²) < 4.78 is 1.72. The zero-order valence-corrected chi connectivity index (χ0v) is 8.34. The van der Waals surface area contributed by atoms with Crippen LogP contribution in [0.25, 0.3) is 0 Å². The molecule has 1 saturated heterocycles. The summed E-state index contributed by atoms with van der Waals surface area (Å²) in [4.78, 5) is 13.1. The Hall–Kier alpha value is -1.36. The maximum Gasteiger partial charge on any atom is 0.224 e. The molecule has 1 amide bonds. The Balaban J connectivity index is 2.30. The van der Waals surface area contributed by atoms with Gasteiger partial charge in [-0.2, -0.15) is 5.10 Å². The van der Waals surface area contributed by atoms with Crippen LogP contribution in [-0.4, -0.2) is 33.7 Å². The minimum Gasteiger partial charge on any atom is -0.337 e. The Morgan fingerprint density at radius 3 is 2.71 bits per heavy atom. The van der Waals surface area contributed by atoms with Crippen molar-refractivity contribution in [3.05, 3.63) is 18.0 Å². The number of aromatic nitrogens is 2. The third kappa shape index (κ3) is 1.29. The molecule has 1 fully saturated rings. The molecule has 1 aromatic heterocycles. The lowest BCUT2D eigenvalue weighted by Gasteiger charge is -2.21. The largest absolute Gasteiger partial charge is 0.337 e. The van der Waals surface area contributed by atoms with Crippen LogP contribution >= 0.6 is 0 Å². The van der Waals surface area contributed by atoms with Crippen molar-refractivity contribution < 1.29 is 4.79 Å². The second kappa shape index (κ2) is 3.09. The molecule has 5 heteroatoms. The quantitative estimate of drug-likeness (QED) is 0.664. The van der Waals surface area contributed by atoms with Gasteiger partial charge in [-0.3, -0.25) is 9.48 Å². The number of nitrogens with two attached hydrogens (primary N) is 1. The molecule has 0 unspecified atom stereocenters. The van der Waals surface area contributed by atoms with Gasteiger partial charge >= 0.3 is 0 Å². The smallest absolute Gasteiger partial charge is 0.224 e. The Morgan fingerprint density at radius 2 is 2.29 bits per heavy atom. The Labute approximate surface area is 82.5 Å². The van der Waals surface area contributed by atoms with Crippen molar-refractivity contribution in [2.75, 3.05) is 7.05 Å². The zero-order valence-electron chi connectivity index (χ0n) is 8.34. The summed E-state index contributed by atoms with van der Waals surface area (Å²) in [6, 6.07) is -0.132. The topological polar surface area (TPSA) is 64.2 Å². The van der Waals surface area contributed by atoms with Crippen molar-refractivity contribution in [3.63, 3.8) is 0 Å². The van der Waals surface area contributed by atoms with Crippen LogP contribution in [0.3, 0.4) is 0 Å². The first-order valence-corrected chi connectivity index (χ1v) is 4.59. The van der Waals surface area contributed by atoms with E-state index in [1.807, 2.05) is 13.2 Å². The van der Waals surface area contributed by atoms with Gasteiger partial charge in [-0.15, -0.1) is 0 Å². The summed E-state index contributed by atoms with van der Waals surface area (Å²) >= 11 is 0. The van der Waals surface area contributed by atoms with E-state index >= 15 is 0 Å². The van der Waals surface area contributed by atoms with Crippen molar-refractivity contribution in [2.24, 2.45) is 12.8 Å². The summed E-state index contributed by atoms with van der Waals surface area (Å²) in [6.45, 7) is 0. The second-order valence-electron chi connectivity index (χ2n) is 3.76. The molecule has 0 aromatic carbocycles. The lowest BCUT2D eigenvalue weighted by atomic mass is 10.1. The SMILES string of the molecule is CN1C(=O)C[C@@H](N)[C@@H]1c1cnn(C)c1. The van der Waals surface area contributed by atoms with Gasteiger partial charge in [0.05, 0.1) is 12.2 Å². The van der Waals surface area contributed by atoms with Crippen LogP contribution < -0.4 is 5.73 Å². The number of hydrogen-bond donors (Lipinski definition) is 1. The van der Waals surface area contributed by atoms with E-state index in [1.165, 1.54) is 0 Å². The summed E-state index contributed by atoms with van der Waals surface area (Å²) in [5.74, 6) is 0.103. The lowest BCUT2D eigenvalue weighted by molar-refractivity contribution is -0.127. The highest BCUT2D eigenvalue weighted by Crippen LogP contribution is 2.29. The Kier molecular flexibility index (Phi) is 2.03. The normalized spacial score (nSPS) is 27.4. The highest BCUT2D eigenvalue weighted by molar-refractivity contribution is 5.80. The van der Waals surface area contributed by atoms with Crippen LogP contribution in [0.5, 0.6) is 0 Å². The number of nitrogens with zero attached hydrogens (tertiary/aromatic N) is 3. The van der Waals surface area contributed by atoms with Crippen LogP contribution in [0.2, 0.25) is 0 Å². The number of hydrogen-bond acceptors (Lipinski definition) is 3. The maximum absolute atomic E-state index is 11.4. The number of likely N-dealkylation sites (N-methyl/N-ethyl adjacent to an activating group) is 1. The molecule has 14 heavy (non-hydrogen) atoms. The monoisotopic (exact) mass is 194 g/mol. The molecule has 1 aromatic rings. The molecular weight excluding hydrogens is 180 g/mol. The average molecular weight is 194 g/mol. The highest BCUT2D eigenvalue weighted by Gasteiger charge is 2.36. The minimum absolute atomic E-state index is 0.0174. The zero-order chi connectivity index (χ0) is 10.3. The molecule has 2 N–H and O–H groups in total. The molecule has 5 nitrogen and oxygen atoms in total. The van der Waals surface area contributed by atoms with Gasteiger partial charge in [-0.25, -0.2) is 0 Å². The third-order valence-electron chi connectivity index (χ3n) is 2.69. The summed E-state index contributed by atoms with van der Waals surface area (Å²) in [6.07, 6.45) is 4.09. The lowest BCUT2D eigenvalue weighted by Crippen LogP contribution is -2.29. The predicted molar refractivity (Wildman–Crippen MR) is 51.3 cm³/mol. The average Bonchev–Trinajstić information content (AvgIpc) is 2.60. The standard InChI is InChI=1S/C9H14N4O/c1-12-5-6(4-11-12)9-7(10)3-8(14)13(9)2/h4-5,7,9H,3,10H2,1-2H3/t7-,9+/m1/s1. The van der Waals surface area contributed by atoms with E-state index in [4.69, 9.17) is 5.73 Å². The van der Waals surface area contributed by atoms with E-state index in [9.17, 15) is 4.79 Å². The van der Waals surface area contributed by atoms with E-state index in [0.29, 0.717) is 6.42 Å². The number of rotatable bonds is 1. The van der Waals surface area contributed by atoms with Crippen molar-refractivity contribution in [2.45, 2.75) is 18.5 Å². The van der Waals surface area contributed by atoms with Crippen molar-refractivity contribution in [1.29, 1.82) is 0 Å². The number of amides is 1. The second-order valence-corrected chi connectivity index (χ2v) is 3.76. The number of carbonyl (C=O) groups excluding carboxylic acids is 1. The van der Waals surface area contributed by atoms with Crippen molar-refractivity contribution in [1.82, 2.24) is 14.7 Å². The van der Waals surface area contributed by atoms with E-state index < -0.39 is 0 Å². The number of aryl methyl sites for hydroxylation is 1. The minimum atomic E-state index is -0.114. The molecule has 2 atom stereocenters. The first-order valence-electron chi connectivity index (χ1n) is 4.59. The van der Waals surface area contributed by atoms with Gasteiger partial charge in [0, 0.05) is 38.3 Å². The van der Waals surface area contributed by atoms with Crippen molar-refractivity contribution in [3.8, 4) is 0 Å². The fourth-order valence-corrected chi connectivity index (χ4v) is 1.96. The molecule has 1 aliphatic heterocycles. The fraction of sp³-hybridized carbons (Fsp3) is 0.556. The maximum atomic E-state index is 11.4. The van der Waals surface area contributed by atoms with E-state index in [-0.39, 0.29) is 18.0 Å². The van der Waals surface area contributed by atoms with Gasteiger partial charge in [0.2, 0.25) is 5.91 Å². The Morgan fingerprint density at radius 1 is 1.57 bits per heavy atom. The van der Waals surface area contributed by atoms with Gasteiger partial charge < -0.3 is 10.6 Å². The van der Waals surface area contributed by atoms with E-state index in [1.54, 1.807) is 22.8 Å². The van der Waals surface area contributed by atoms with Crippen LogP contribution in [0.4, 0.5) is 0 Å². The van der Waals surface area contributed by atoms with Crippen LogP contribution in [-0.2, 0) is 11.8 Å². The molecule has 0 radical (unpaired) electrons. The molecule has 0 saturated carbocycles. The Bertz CT molecular complexity index is 359. The molecule has 1 aliphatic rings. The summed E-state index contributed by atoms with van der Waals surface area (Å²) in [7, 11) is 3.64. The van der Waals surface area contributed by atoms with Gasteiger partial charge in [0.15, 0.2) is 0 Å². The van der Waals surface area contributed by atoms with E-state index in [2.05, 4.69) is 5.10 Å². The molecule has 0 spiro atoms. The van der Waals surface area contributed by atoms with Crippen LogP contribution in [0, 0.1) is 0 Å². The van der Waals surface area contributed by atoms with Gasteiger partial charge in [-0.05, 0) is 0 Å². The molecular formula is C9H14N4O. The van der Waals surface area contributed by atoms with Crippen LogP contribution in [0.15, 0.2) is 12.4 Å². The molecule has 0 aliphatic carbocycles. The number of carbonyl (C=O) groups is 1. The molecule has 2 rings (SSSR count). The van der Waals surface area contributed by atoms with Crippen molar-refractivity contribution >= 4 is 5.91 Å². The molecule has 0 bridgehead atoms. The molecule has 76 valence electrons. The highest BCUT2D eigenvalue weighted by atomic mass is 16.2. The van der Waals surface area contributed by atoms with Gasteiger partial charge in [-0.1, -0.05) is 0 Å². The van der Waals surface area contributed by atoms with Gasteiger partial charge in [0.25, 0.3) is 0 Å². The third-order valence-corrected chi connectivity index (χ3v) is 2.69. The first kappa shape index (κ1) is 9.21. The predicted octanol–water partition coefficient (Wildman–Crippen LogP) is -0.349. The molecule has 2 heterocycles. The number of likely N-dealkylation sites (tertiary alicyclic amines) is 1.